The van der Waals surface area contributed by atoms with Gasteiger partial charge < -0.3 is 10.1 Å². The summed E-state index contributed by atoms with van der Waals surface area (Å²) in [6, 6.07) is 7.22. The molecule has 3 N–H and O–H groups in total. The van der Waals surface area contributed by atoms with Gasteiger partial charge in [0.15, 0.2) is 0 Å². The van der Waals surface area contributed by atoms with Crippen LogP contribution in [0.25, 0.3) is 0 Å². The Hall–Kier alpha value is -2.63. The van der Waals surface area contributed by atoms with Crippen molar-refractivity contribution in [2.45, 2.75) is 37.5 Å². The molecule has 3 amide bonds. The van der Waals surface area contributed by atoms with Gasteiger partial charge in [0.2, 0.25) is 0 Å². The van der Waals surface area contributed by atoms with Crippen molar-refractivity contribution < 1.29 is 22.7 Å². The third-order valence-electron chi connectivity index (χ3n) is 4.91. The molecule has 1 saturated heterocycles. The zero-order chi connectivity index (χ0) is 23.0. The lowest BCUT2D eigenvalue weighted by Crippen LogP contribution is -2.50. The summed E-state index contributed by atoms with van der Waals surface area (Å²) in [7, 11) is -3.97. The lowest BCUT2D eigenvalue weighted by molar-refractivity contribution is 0.0954. The average Bonchev–Trinajstić information content (AvgIpc) is 3.23. The number of rotatable bonds is 9. The van der Waals surface area contributed by atoms with Crippen molar-refractivity contribution in [1.29, 1.82) is 0 Å². The summed E-state index contributed by atoms with van der Waals surface area (Å²) in [5.41, 5.74) is 3.43. The second-order valence-corrected chi connectivity index (χ2v) is 9.89. The Morgan fingerprint density at radius 1 is 1.09 bits per heavy atom. The minimum absolute atomic E-state index is 0.000906. The highest BCUT2D eigenvalue weighted by Crippen LogP contribution is 2.24. The molecule has 1 aromatic heterocycles. The van der Waals surface area contributed by atoms with Gasteiger partial charge in [0, 0.05) is 19.6 Å². The van der Waals surface area contributed by atoms with Gasteiger partial charge in [-0.3, -0.25) is 10.2 Å². The van der Waals surface area contributed by atoms with Gasteiger partial charge >= 0.3 is 6.03 Å². The number of hydrogen-bond donors (Lipinski definition) is 3. The number of benzene rings is 1. The van der Waals surface area contributed by atoms with E-state index in [1.54, 1.807) is 28.6 Å². The molecule has 0 spiro atoms. The fourth-order valence-electron chi connectivity index (χ4n) is 3.32. The maximum Gasteiger partial charge on any atom is 0.343 e. The van der Waals surface area contributed by atoms with E-state index in [4.69, 9.17) is 4.74 Å². The van der Waals surface area contributed by atoms with E-state index in [1.807, 2.05) is 11.6 Å². The molecule has 3 rings (SSSR count). The fraction of sp³-hybridized carbons (Fsp3) is 0.429. The molecule has 0 aliphatic carbocycles. The van der Waals surface area contributed by atoms with E-state index in [9.17, 15) is 18.0 Å². The van der Waals surface area contributed by atoms with E-state index in [1.165, 1.54) is 23.5 Å². The van der Waals surface area contributed by atoms with Gasteiger partial charge in [-0.2, -0.15) is 0 Å². The van der Waals surface area contributed by atoms with E-state index in [0.717, 1.165) is 24.8 Å². The van der Waals surface area contributed by atoms with Crippen molar-refractivity contribution in [3.05, 3.63) is 46.2 Å². The Morgan fingerprint density at radius 3 is 2.50 bits per heavy atom. The first-order chi connectivity index (χ1) is 15.4. The molecule has 0 radical (unpaired) electrons. The van der Waals surface area contributed by atoms with Gasteiger partial charge in [-0.25, -0.2) is 22.9 Å². The number of amides is 3. The quantitative estimate of drug-likeness (QED) is 0.508. The van der Waals surface area contributed by atoms with Crippen molar-refractivity contribution in [3.8, 4) is 5.75 Å². The number of nitrogens with one attached hydrogen (secondary N) is 3. The molecule has 0 bridgehead atoms. The van der Waals surface area contributed by atoms with Gasteiger partial charge in [-0.1, -0.05) is 18.6 Å². The summed E-state index contributed by atoms with van der Waals surface area (Å²) in [5.74, 6) is 0.368. The Kier molecular flexibility index (Phi) is 8.48. The van der Waals surface area contributed by atoms with E-state index < -0.39 is 16.1 Å². The Morgan fingerprint density at radius 2 is 1.81 bits per heavy atom. The van der Waals surface area contributed by atoms with Crippen LogP contribution in [0.2, 0.25) is 0 Å². The number of piperidine rings is 1. The summed E-state index contributed by atoms with van der Waals surface area (Å²) in [6.07, 6.45) is 3.58. The van der Waals surface area contributed by atoms with Gasteiger partial charge in [0.25, 0.3) is 15.9 Å². The van der Waals surface area contributed by atoms with Gasteiger partial charge in [0.1, 0.15) is 10.6 Å². The molecule has 0 atom stereocenters. The number of ether oxygens (including phenoxy) is 1. The molecule has 1 aromatic carbocycles. The molecule has 2 heterocycles. The van der Waals surface area contributed by atoms with E-state index >= 15 is 0 Å². The van der Waals surface area contributed by atoms with Crippen LogP contribution < -0.4 is 20.2 Å². The van der Waals surface area contributed by atoms with Crippen molar-refractivity contribution in [1.82, 2.24) is 20.5 Å². The topological polar surface area (TPSA) is 117 Å². The zero-order valence-corrected chi connectivity index (χ0v) is 19.6. The predicted molar refractivity (Wildman–Crippen MR) is 122 cm³/mol. The molecule has 0 unspecified atom stereocenters. The summed E-state index contributed by atoms with van der Waals surface area (Å²) >= 11 is 1.32. The van der Waals surface area contributed by atoms with Crippen molar-refractivity contribution >= 4 is 33.3 Å². The Balaban J connectivity index is 1.48. The number of hydrogen-bond acceptors (Lipinski definition) is 7. The number of urea groups is 1. The van der Waals surface area contributed by atoms with Crippen LogP contribution in [-0.2, 0) is 16.4 Å². The third kappa shape index (κ3) is 6.68. The molecule has 1 aliphatic rings. The number of hydrazine groups is 1. The lowest BCUT2D eigenvalue weighted by Gasteiger charge is -2.26. The van der Waals surface area contributed by atoms with Gasteiger partial charge in [-0.15, -0.1) is 11.3 Å². The Labute approximate surface area is 192 Å². The highest BCUT2D eigenvalue weighted by molar-refractivity contribution is 7.90. The average molecular weight is 481 g/mol. The molecule has 9 nitrogen and oxygen atoms in total. The molecule has 0 saturated carbocycles. The smallest absolute Gasteiger partial charge is 0.343 e. The number of carbonyl (C=O) groups excluding carboxylic acids is 2. The third-order valence-corrected chi connectivity index (χ3v) is 7.15. The molecule has 11 heteroatoms. The van der Waals surface area contributed by atoms with Crippen LogP contribution >= 0.6 is 11.3 Å². The summed E-state index contributed by atoms with van der Waals surface area (Å²) in [6.45, 7) is 4.15. The number of thiophene rings is 1. The monoisotopic (exact) mass is 480 g/mol. The largest absolute Gasteiger partial charge is 0.492 e. The molecule has 1 aliphatic heterocycles. The Bertz CT molecular complexity index is 1020. The fourth-order valence-corrected chi connectivity index (χ4v) is 4.97. The highest BCUT2D eigenvalue weighted by atomic mass is 32.2. The summed E-state index contributed by atoms with van der Waals surface area (Å²) < 4.78 is 32.4. The number of sulfonamides is 1. The normalized spacial score (nSPS) is 14.5. The highest BCUT2D eigenvalue weighted by Gasteiger charge is 2.20. The van der Waals surface area contributed by atoms with Gasteiger partial charge in [0.05, 0.1) is 11.5 Å². The maximum absolute atomic E-state index is 12.5. The SMILES string of the molecule is CCOc1ccsc1C(=O)NCCc1ccc(S(=O)(=O)NC(=O)NN2CCCCC2)cc1. The first-order valence-corrected chi connectivity index (χ1v) is 12.9. The molecule has 2 aromatic rings. The van der Waals surface area contributed by atoms with E-state index in [2.05, 4.69) is 10.7 Å². The number of carbonyl (C=O) groups is 2. The van der Waals surface area contributed by atoms with E-state index in [-0.39, 0.29) is 10.8 Å². The van der Waals surface area contributed by atoms with Crippen LogP contribution in [0.5, 0.6) is 5.75 Å². The molecular weight excluding hydrogens is 452 g/mol. The summed E-state index contributed by atoms with van der Waals surface area (Å²) in [5, 5.41) is 6.37. The van der Waals surface area contributed by atoms with Crippen LogP contribution in [0.3, 0.4) is 0 Å². The minimum Gasteiger partial charge on any atom is -0.492 e. The standard InChI is InChI=1S/C21H28N4O5S2/c1-2-30-18-11-15-31-19(18)20(26)22-12-10-16-6-8-17(9-7-16)32(28,29)24-21(27)23-25-13-4-3-5-14-25/h6-9,11,15H,2-5,10,12-14H2,1H3,(H,22,26)(H2,23,24,27). The molecular formula is C21H28N4O5S2. The van der Waals surface area contributed by atoms with Crippen LogP contribution in [0, 0.1) is 0 Å². The molecule has 174 valence electrons. The molecule has 1 fully saturated rings. The second-order valence-electron chi connectivity index (χ2n) is 7.29. The number of nitrogens with zero attached hydrogens (tertiary/aromatic N) is 1. The van der Waals surface area contributed by atoms with Crippen LogP contribution in [-0.4, -0.2) is 51.6 Å². The zero-order valence-electron chi connectivity index (χ0n) is 17.9. The predicted octanol–water partition coefficient (Wildman–Crippen LogP) is 2.51. The second kappa shape index (κ2) is 11.3. The van der Waals surface area contributed by atoms with Crippen LogP contribution in [0.15, 0.2) is 40.6 Å². The molecule has 32 heavy (non-hydrogen) atoms. The lowest BCUT2D eigenvalue weighted by atomic mass is 10.1. The van der Waals surface area contributed by atoms with E-state index in [0.29, 0.717) is 43.3 Å². The van der Waals surface area contributed by atoms with Crippen LogP contribution in [0.4, 0.5) is 4.79 Å². The van der Waals surface area contributed by atoms with Crippen molar-refractivity contribution in [2.24, 2.45) is 0 Å². The van der Waals surface area contributed by atoms with Crippen molar-refractivity contribution in [3.63, 3.8) is 0 Å². The van der Waals surface area contributed by atoms with Crippen LogP contribution in [0.1, 0.15) is 41.4 Å². The minimum atomic E-state index is -3.97. The maximum atomic E-state index is 12.5. The first-order valence-electron chi connectivity index (χ1n) is 10.5. The summed E-state index contributed by atoms with van der Waals surface area (Å²) in [4.78, 5) is 24.9. The first kappa shape index (κ1) is 24.0. The van der Waals surface area contributed by atoms with Gasteiger partial charge in [-0.05, 0) is 55.3 Å². The van der Waals surface area contributed by atoms with Crippen molar-refractivity contribution in [2.75, 3.05) is 26.2 Å².